The Balaban J connectivity index is 3.11. The molecule has 0 unspecified atom stereocenters. The van der Waals surface area contributed by atoms with Crippen molar-refractivity contribution in [2.45, 2.75) is 20.8 Å². The highest BCUT2D eigenvalue weighted by Crippen LogP contribution is 2.11. The molecule has 0 saturated heterocycles. The van der Waals surface area contributed by atoms with E-state index < -0.39 is 11.9 Å². The molecule has 92 valence electrons. The minimum atomic E-state index is -0.612. The van der Waals surface area contributed by atoms with Crippen molar-refractivity contribution in [1.29, 1.82) is 0 Å². The largest absolute Gasteiger partial charge is 0.462 e. The molecule has 1 heterocycles. The summed E-state index contributed by atoms with van der Waals surface area (Å²) in [5.41, 5.74) is 0.780. The van der Waals surface area contributed by atoms with Crippen molar-refractivity contribution in [1.82, 2.24) is 4.98 Å². The fourth-order valence-electron chi connectivity index (χ4n) is 1.29. The second-order valence-corrected chi connectivity index (χ2v) is 3.29. The minimum absolute atomic E-state index is 0.00491. The van der Waals surface area contributed by atoms with Crippen LogP contribution in [-0.4, -0.2) is 30.1 Å². The molecule has 1 aromatic rings. The number of ether oxygens (including phenoxy) is 2. The Morgan fingerprint density at radius 3 is 2.29 bits per heavy atom. The van der Waals surface area contributed by atoms with E-state index in [-0.39, 0.29) is 24.5 Å². The molecule has 1 rings (SSSR count). The van der Waals surface area contributed by atoms with Crippen molar-refractivity contribution in [3.8, 4) is 0 Å². The van der Waals surface area contributed by atoms with Gasteiger partial charge < -0.3 is 9.47 Å². The maximum atomic E-state index is 11.6. The van der Waals surface area contributed by atoms with Crippen LogP contribution in [0.15, 0.2) is 12.1 Å². The van der Waals surface area contributed by atoms with E-state index in [9.17, 15) is 9.59 Å². The molecule has 0 atom stereocenters. The number of hydrogen-bond acceptors (Lipinski definition) is 5. The summed E-state index contributed by atoms with van der Waals surface area (Å²) in [6.45, 7) is 5.60. The maximum absolute atomic E-state index is 11.6. The maximum Gasteiger partial charge on any atom is 0.357 e. The van der Waals surface area contributed by atoms with Gasteiger partial charge in [-0.05, 0) is 32.9 Å². The number of aromatic nitrogens is 1. The zero-order chi connectivity index (χ0) is 12.8. The van der Waals surface area contributed by atoms with Crippen LogP contribution in [0.25, 0.3) is 0 Å². The lowest BCUT2D eigenvalue weighted by molar-refractivity contribution is 0.0473. The summed E-state index contributed by atoms with van der Waals surface area (Å²) in [6, 6.07) is 3.17. The van der Waals surface area contributed by atoms with Crippen LogP contribution < -0.4 is 0 Å². The second-order valence-electron chi connectivity index (χ2n) is 3.29. The van der Waals surface area contributed by atoms with Crippen LogP contribution in [0.1, 0.15) is 40.4 Å². The topological polar surface area (TPSA) is 65.5 Å². The summed E-state index contributed by atoms with van der Waals surface area (Å²) in [7, 11) is 0. The predicted octanol–water partition coefficient (Wildman–Crippen LogP) is 1.74. The van der Waals surface area contributed by atoms with E-state index in [1.807, 2.05) is 0 Å². The highest BCUT2D eigenvalue weighted by molar-refractivity contribution is 6.01. The van der Waals surface area contributed by atoms with Crippen molar-refractivity contribution >= 4 is 11.9 Å². The average molecular weight is 237 g/mol. The first-order valence-electron chi connectivity index (χ1n) is 5.42. The molecule has 5 nitrogen and oxygen atoms in total. The number of carbonyl (C=O) groups is 2. The van der Waals surface area contributed by atoms with Crippen molar-refractivity contribution in [2.24, 2.45) is 0 Å². The lowest BCUT2D eigenvalue weighted by atomic mass is 10.1. The average Bonchev–Trinajstić information content (AvgIpc) is 2.29. The highest BCUT2D eigenvalue weighted by atomic mass is 16.5. The Hall–Kier alpha value is -1.91. The van der Waals surface area contributed by atoms with E-state index in [4.69, 9.17) is 9.47 Å². The number of rotatable bonds is 4. The third-order valence-electron chi connectivity index (χ3n) is 2.00. The monoisotopic (exact) mass is 237 g/mol. The molecule has 0 aliphatic carbocycles. The Bertz CT molecular complexity index is 429. The van der Waals surface area contributed by atoms with Gasteiger partial charge in [0.1, 0.15) is 0 Å². The number of esters is 2. The van der Waals surface area contributed by atoms with E-state index in [1.54, 1.807) is 26.8 Å². The van der Waals surface area contributed by atoms with Crippen LogP contribution in [0, 0.1) is 6.92 Å². The van der Waals surface area contributed by atoms with Gasteiger partial charge >= 0.3 is 11.9 Å². The first-order valence-corrected chi connectivity index (χ1v) is 5.42. The SMILES string of the molecule is CCOC(=O)c1ccc(C)nc1C(=O)OCC. The van der Waals surface area contributed by atoms with Crippen molar-refractivity contribution in [3.05, 3.63) is 29.1 Å². The van der Waals surface area contributed by atoms with Crippen molar-refractivity contribution < 1.29 is 19.1 Å². The Labute approximate surface area is 99.8 Å². The van der Waals surface area contributed by atoms with Gasteiger partial charge in [0.25, 0.3) is 0 Å². The summed E-state index contributed by atoms with van der Waals surface area (Å²) in [4.78, 5) is 27.3. The molecule has 0 saturated carbocycles. The zero-order valence-corrected chi connectivity index (χ0v) is 10.1. The van der Waals surface area contributed by atoms with Gasteiger partial charge in [0.15, 0.2) is 5.69 Å². The van der Waals surface area contributed by atoms with Crippen molar-refractivity contribution in [3.63, 3.8) is 0 Å². The Kier molecular flexibility index (Phi) is 4.63. The molecule has 0 aliphatic rings. The van der Waals surface area contributed by atoms with Gasteiger partial charge in [0, 0.05) is 5.69 Å². The number of hydrogen-bond donors (Lipinski definition) is 0. The van der Waals surface area contributed by atoms with Crippen LogP contribution in [0.2, 0.25) is 0 Å². The first-order chi connectivity index (χ1) is 8.10. The first kappa shape index (κ1) is 13.2. The molecule has 17 heavy (non-hydrogen) atoms. The summed E-state index contributed by atoms with van der Waals surface area (Å²) in [6.07, 6.45) is 0. The number of aryl methyl sites for hydroxylation is 1. The zero-order valence-electron chi connectivity index (χ0n) is 10.1. The molecular formula is C12H15NO4. The molecule has 0 fully saturated rings. The van der Waals surface area contributed by atoms with Crippen LogP contribution in [-0.2, 0) is 9.47 Å². The van der Waals surface area contributed by atoms with Crippen LogP contribution in [0.4, 0.5) is 0 Å². The molecular weight excluding hydrogens is 222 g/mol. The fourth-order valence-corrected chi connectivity index (χ4v) is 1.29. The normalized spacial score (nSPS) is 9.82. The third-order valence-corrected chi connectivity index (χ3v) is 2.00. The van der Waals surface area contributed by atoms with Crippen LogP contribution in [0.5, 0.6) is 0 Å². The van der Waals surface area contributed by atoms with Gasteiger partial charge in [-0.25, -0.2) is 14.6 Å². The standard InChI is InChI=1S/C12H15NO4/c1-4-16-11(14)9-7-6-8(3)13-10(9)12(15)17-5-2/h6-7H,4-5H2,1-3H3. The molecule has 0 bridgehead atoms. The highest BCUT2D eigenvalue weighted by Gasteiger charge is 2.20. The van der Waals surface area contributed by atoms with E-state index in [1.165, 1.54) is 6.07 Å². The molecule has 0 aliphatic heterocycles. The molecule has 0 aromatic carbocycles. The van der Waals surface area contributed by atoms with E-state index in [0.29, 0.717) is 5.69 Å². The number of nitrogens with zero attached hydrogens (tertiary/aromatic N) is 1. The van der Waals surface area contributed by atoms with Crippen LogP contribution in [0.3, 0.4) is 0 Å². The third kappa shape index (κ3) is 3.27. The van der Waals surface area contributed by atoms with E-state index >= 15 is 0 Å². The van der Waals surface area contributed by atoms with Crippen LogP contribution >= 0.6 is 0 Å². The number of carbonyl (C=O) groups excluding carboxylic acids is 2. The predicted molar refractivity (Wildman–Crippen MR) is 60.9 cm³/mol. The van der Waals surface area contributed by atoms with Gasteiger partial charge in [0.2, 0.25) is 0 Å². The molecule has 0 amide bonds. The lowest BCUT2D eigenvalue weighted by Crippen LogP contribution is -2.16. The molecule has 0 spiro atoms. The summed E-state index contributed by atoms with van der Waals surface area (Å²) < 4.78 is 9.69. The van der Waals surface area contributed by atoms with Gasteiger partial charge in [-0.2, -0.15) is 0 Å². The Morgan fingerprint density at radius 2 is 1.71 bits per heavy atom. The number of pyridine rings is 1. The van der Waals surface area contributed by atoms with E-state index in [0.717, 1.165) is 0 Å². The quantitative estimate of drug-likeness (QED) is 0.746. The minimum Gasteiger partial charge on any atom is -0.462 e. The second kappa shape index (κ2) is 5.98. The summed E-state index contributed by atoms with van der Waals surface area (Å²) >= 11 is 0. The van der Waals surface area contributed by atoms with Gasteiger partial charge in [-0.3, -0.25) is 0 Å². The fraction of sp³-hybridized carbons (Fsp3) is 0.417. The Morgan fingerprint density at radius 1 is 1.12 bits per heavy atom. The van der Waals surface area contributed by atoms with E-state index in [2.05, 4.69) is 4.98 Å². The molecule has 0 N–H and O–H groups in total. The van der Waals surface area contributed by atoms with Gasteiger partial charge in [-0.15, -0.1) is 0 Å². The molecule has 0 radical (unpaired) electrons. The van der Waals surface area contributed by atoms with Gasteiger partial charge in [0.05, 0.1) is 18.8 Å². The smallest absolute Gasteiger partial charge is 0.357 e. The molecule has 5 heteroatoms. The molecule has 1 aromatic heterocycles. The van der Waals surface area contributed by atoms with Crippen molar-refractivity contribution in [2.75, 3.05) is 13.2 Å². The summed E-state index contributed by atoms with van der Waals surface area (Å²) in [5, 5.41) is 0. The summed E-state index contributed by atoms with van der Waals surface area (Å²) in [5.74, 6) is -1.18. The van der Waals surface area contributed by atoms with Gasteiger partial charge in [-0.1, -0.05) is 0 Å². The lowest BCUT2D eigenvalue weighted by Gasteiger charge is -2.08.